The van der Waals surface area contributed by atoms with Gasteiger partial charge in [0, 0.05) is 28.0 Å². The summed E-state index contributed by atoms with van der Waals surface area (Å²) in [6.45, 7) is 5.40. The predicted octanol–water partition coefficient (Wildman–Crippen LogP) is 6.33. The molecule has 1 aliphatic carbocycles. The molecule has 188 valence electrons. The highest BCUT2D eigenvalue weighted by Gasteiger charge is 2.38. The van der Waals surface area contributed by atoms with E-state index in [0.29, 0.717) is 29.7 Å². The zero-order valence-electron chi connectivity index (χ0n) is 20.7. The Morgan fingerprint density at radius 2 is 1.92 bits per heavy atom. The number of ether oxygens (including phenoxy) is 1. The zero-order valence-corrected chi connectivity index (χ0v) is 22.2. The van der Waals surface area contributed by atoms with E-state index >= 15 is 0 Å². The van der Waals surface area contributed by atoms with Gasteiger partial charge in [0.1, 0.15) is 18.9 Å². The molecule has 3 aromatic rings. The largest absolute Gasteiger partial charge is 0.491 e. The van der Waals surface area contributed by atoms with E-state index in [0.717, 1.165) is 30.6 Å². The van der Waals surface area contributed by atoms with Gasteiger partial charge in [-0.25, -0.2) is 0 Å². The number of hydrogen-bond acceptors (Lipinski definition) is 4. The van der Waals surface area contributed by atoms with Crippen LogP contribution in [0.2, 0.25) is 5.02 Å². The first-order valence-corrected chi connectivity index (χ1v) is 13.8. The van der Waals surface area contributed by atoms with Crippen LogP contribution in [0.1, 0.15) is 65.0 Å². The van der Waals surface area contributed by atoms with Crippen molar-refractivity contribution in [3.8, 4) is 5.75 Å². The number of benzene rings is 2. The number of carbonyl (C=O) groups excluding carboxylic acids is 2. The molecule has 0 saturated heterocycles. The molecule has 5 rings (SSSR count). The summed E-state index contributed by atoms with van der Waals surface area (Å²) in [5.41, 5.74) is 2.93. The molecule has 5 nitrogen and oxygen atoms in total. The number of hydrogen-bond donors (Lipinski definition) is 0. The van der Waals surface area contributed by atoms with Gasteiger partial charge < -0.3 is 14.5 Å². The first-order chi connectivity index (χ1) is 17.4. The second kappa shape index (κ2) is 10.7. The number of nitrogens with zero attached hydrogens (tertiary/aromatic N) is 2. The Kier molecular flexibility index (Phi) is 7.35. The van der Waals surface area contributed by atoms with Crippen molar-refractivity contribution in [2.75, 3.05) is 19.7 Å². The maximum absolute atomic E-state index is 13.7. The minimum atomic E-state index is -0.181. The predicted molar refractivity (Wildman–Crippen MR) is 144 cm³/mol. The van der Waals surface area contributed by atoms with Crippen LogP contribution in [0.15, 0.2) is 60.0 Å². The molecule has 1 unspecified atom stereocenters. The van der Waals surface area contributed by atoms with Crippen molar-refractivity contribution in [3.63, 3.8) is 0 Å². The summed E-state index contributed by atoms with van der Waals surface area (Å²) in [5, 5.41) is 2.60. The van der Waals surface area contributed by atoms with E-state index in [1.165, 1.54) is 10.4 Å². The Labute approximate surface area is 221 Å². The van der Waals surface area contributed by atoms with Crippen molar-refractivity contribution in [2.45, 2.75) is 51.1 Å². The van der Waals surface area contributed by atoms with Crippen molar-refractivity contribution in [3.05, 3.63) is 86.6 Å². The van der Waals surface area contributed by atoms with Crippen molar-refractivity contribution >= 4 is 34.8 Å². The Balaban J connectivity index is 1.32. The molecule has 1 saturated carbocycles. The van der Waals surface area contributed by atoms with Crippen LogP contribution in [0.4, 0.5) is 0 Å². The van der Waals surface area contributed by atoms with E-state index in [1.54, 1.807) is 40.5 Å². The number of halogens is 1. The van der Waals surface area contributed by atoms with Gasteiger partial charge in [-0.3, -0.25) is 9.59 Å². The fourth-order valence-corrected chi connectivity index (χ4v) is 5.89. The topological polar surface area (TPSA) is 49.9 Å². The van der Waals surface area contributed by atoms with E-state index in [2.05, 4.69) is 37.4 Å². The summed E-state index contributed by atoms with van der Waals surface area (Å²) in [6.07, 6.45) is 2.67. The molecule has 1 fully saturated rings. The molecule has 7 heteroatoms. The summed E-state index contributed by atoms with van der Waals surface area (Å²) in [7, 11) is 0. The Morgan fingerprint density at radius 1 is 1.14 bits per heavy atom. The van der Waals surface area contributed by atoms with Crippen LogP contribution < -0.4 is 4.74 Å². The van der Waals surface area contributed by atoms with Gasteiger partial charge in [0.15, 0.2) is 0 Å². The van der Waals surface area contributed by atoms with Crippen LogP contribution in [0, 0.1) is 0 Å². The van der Waals surface area contributed by atoms with Gasteiger partial charge in [-0.2, -0.15) is 0 Å². The first kappa shape index (κ1) is 24.8. The second-order valence-corrected chi connectivity index (χ2v) is 11.3. The molecule has 2 aromatic carbocycles. The number of fused-ring (bicyclic) bond motifs is 1. The van der Waals surface area contributed by atoms with Gasteiger partial charge in [-0.15, -0.1) is 11.3 Å². The number of rotatable bonds is 8. The monoisotopic (exact) mass is 522 g/mol. The maximum Gasteiger partial charge on any atom is 0.254 e. The number of carbonyl (C=O) groups is 2. The third kappa shape index (κ3) is 5.45. The molecular formula is C29H31ClN2O3S. The van der Waals surface area contributed by atoms with Gasteiger partial charge in [0.05, 0.1) is 6.04 Å². The fraction of sp³-hybridized carbons (Fsp3) is 0.379. The van der Waals surface area contributed by atoms with Crippen LogP contribution in [0.5, 0.6) is 5.75 Å². The molecule has 2 heterocycles. The molecule has 0 spiro atoms. The van der Waals surface area contributed by atoms with E-state index in [4.69, 9.17) is 16.3 Å². The fourth-order valence-electron chi connectivity index (χ4n) is 4.78. The Hall–Kier alpha value is -2.83. The smallest absolute Gasteiger partial charge is 0.254 e. The molecule has 36 heavy (non-hydrogen) atoms. The minimum Gasteiger partial charge on any atom is -0.491 e. The van der Waals surface area contributed by atoms with Gasteiger partial charge in [-0.05, 0) is 78.1 Å². The van der Waals surface area contributed by atoms with Crippen LogP contribution in [-0.4, -0.2) is 47.4 Å². The van der Waals surface area contributed by atoms with Crippen molar-refractivity contribution in [1.29, 1.82) is 0 Å². The highest BCUT2D eigenvalue weighted by molar-refractivity contribution is 7.10. The molecule has 0 radical (unpaired) electrons. The lowest BCUT2D eigenvalue weighted by Gasteiger charge is -2.37. The second-order valence-electron chi connectivity index (χ2n) is 9.86. The molecule has 2 aliphatic rings. The van der Waals surface area contributed by atoms with Crippen LogP contribution in [0.3, 0.4) is 0 Å². The first-order valence-electron chi connectivity index (χ1n) is 12.6. The molecule has 2 amide bonds. The van der Waals surface area contributed by atoms with Gasteiger partial charge in [0.2, 0.25) is 5.91 Å². The van der Waals surface area contributed by atoms with E-state index in [9.17, 15) is 9.59 Å². The third-order valence-corrected chi connectivity index (χ3v) is 8.23. The van der Waals surface area contributed by atoms with Crippen molar-refractivity contribution in [2.24, 2.45) is 0 Å². The average molecular weight is 523 g/mol. The Bertz CT molecular complexity index is 1240. The molecule has 1 aromatic heterocycles. The highest BCUT2D eigenvalue weighted by Crippen LogP contribution is 2.35. The number of thiophene rings is 1. The highest BCUT2D eigenvalue weighted by atomic mass is 35.5. The zero-order chi connectivity index (χ0) is 25.2. The van der Waals surface area contributed by atoms with Crippen molar-refractivity contribution < 1.29 is 14.3 Å². The van der Waals surface area contributed by atoms with Gasteiger partial charge >= 0.3 is 0 Å². The normalized spacial score (nSPS) is 17.1. The Morgan fingerprint density at radius 3 is 2.61 bits per heavy atom. The molecule has 0 bridgehead atoms. The quantitative estimate of drug-likeness (QED) is 0.347. The number of amides is 2. The van der Waals surface area contributed by atoms with Crippen LogP contribution >= 0.6 is 22.9 Å². The lowest BCUT2D eigenvalue weighted by atomic mass is 10.00. The van der Waals surface area contributed by atoms with Crippen LogP contribution in [-0.2, 0) is 11.2 Å². The molecule has 1 aliphatic heterocycles. The van der Waals surface area contributed by atoms with Crippen LogP contribution in [0.25, 0.3) is 0 Å². The van der Waals surface area contributed by atoms with E-state index < -0.39 is 0 Å². The third-order valence-electron chi connectivity index (χ3n) is 7.00. The molecule has 0 N–H and O–H groups in total. The average Bonchev–Trinajstić information content (AvgIpc) is 3.61. The standard InChI is InChI=1S/C29H31ClN2O3S/c1-19(2)20-6-10-24(11-7-20)35-18-26-25-13-15-36-27(25)12-14-31(26)28(33)17-32(23-8-9-23)29(34)21-4-3-5-22(30)16-21/h3-7,10-11,13,15-16,19,23,26H,8-9,12,14,17-18H2,1-2H3. The SMILES string of the molecule is CC(C)c1ccc(OCC2c3ccsc3CCN2C(=O)CN(C(=O)c2cccc(Cl)c2)C2CC2)cc1. The lowest BCUT2D eigenvalue weighted by molar-refractivity contribution is -0.135. The summed E-state index contributed by atoms with van der Waals surface area (Å²) in [4.78, 5) is 31.9. The minimum absolute atomic E-state index is 0.0436. The molecular weight excluding hydrogens is 492 g/mol. The van der Waals surface area contributed by atoms with Gasteiger partial charge in [0.25, 0.3) is 5.91 Å². The summed E-state index contributed by atoms with van der Waals surface area (Å²) >= 11 is 7.85. The summed E-state index contributed by atoms with van der Waals surface area (Å²) < 4.78 is 6.20. The van der Waals surface area contributed by atoms with Crippen molar-refractivity contribution in [1.82, 2.24) is 9.80 Å². The molecule has 1 atom stereocenters. The van der Waals surface area contributed by atoms with E-state index in [1.807, 2.05) is 17.0 Å². The summed E-state index contributed by atoms with van der Waals surface area (Å²) in [6, 6.07) is 17.2. The summed E-state index contributed by atoms with van der Waals surface area (Å²) in [5.74, 6) is 1.07. The maximum atomic E-state index is 13.7. The lowest BCUT2D eigenvalue weighted by Crippen LogP contribution is -2.48. The van der Waals surface area contributed by atoms with Gasteiger partial charge in [-0.1, -0.05) is 43.6 Å². The van der Waals surface area contributed by atoms with E-state index in [-0.39, 0.29) is 30.4 Å².